The van der Waals surface area contributed by atoms with E-state index >= 15 is 0 Å². The first-order valence-electron chi connectivity index (χ1n) is 5.76. The molecular formula is C13H20ClNO2. The van der Waals surface area contributed by atoms with Crippen molar-refractivity contribution >= 4 is 17.4 Å². The summed E-state index contributed by atoms with van der Waals surface area (Å²) >= 11 is 5.83. The third-order valence-electron chi connectivity index (χ3n) is 2.60. The molecule has 1 aliphatic carbocycles. The van der Waals surface area contributed by atoms with E-state index in [4.69, 9.17) is 11.6 Å². The predicted molar refractivity (Wildman–Crippen MR) is 69.9 cm³/mol. The molecule has 0 saturated heterocycles. The summed E-state index contributed by atoms with van der Waals surface area (Å²) in [5.41, 5.74) is -0.141. The predicted octanol–water partition coefficient (Wildman–Crippen LogP) is 2.00. The van der Waals surface area contributed by atoms with Gasteiger partial charge >= 0.3 is 0 Å². The number of aliphatic hydroxyl groups is 1. The number of Topliss-reactive ketones (excluding diaryl/α,β-unsaturated/α-hetero) is 1. The van der Waals surface area contributed by atoms with Crippen LogP contribution in [0.15, 0.2) is 23.3 Å². The van der Waals surface area contributed by atoms with Gasteiger partial charge in [-0.25, -0.2) is 0 Å². The van der Waals surface area contributed by atoms with Crippen LogP contribution in [0.5, 0.6) is 0 Å². The highest BCUT2D eigenvalue weighted by Gasteiger charge is 2.32. The van der Waals surface area contributed by atoms with Gasteiger partial charge in [-0.05, 0) is 33.8 Å². The van der Waals surface area contributed by atoms with Crippen LogP contribution in [0.25, 0.3) is 0 Å². The van der Waals surface area contributed by atoms with Gasteiger partial charge in [-0.1, -0.05) is 23.8 Å². The largest absolute Gasteiger partial charge is 0.386 e. The van der Waals surface area contributed by atoms with E-state index in [2.05, 4.69) is 5.32 Å². The molecule has 0 heterocycles. The zero-order valence-electron chi connectivity index (χ0n) is 10.7. The number of carbonyl (C=O) groups is 1. The Hall–Kier alpha value is -0.640. The third kappa shape index (κ3) is 3.95. The van der Waals surface area contributed by atoms with E-state index in [0.29, 0.717) is 5.03 Å². The van der Waals surface area contributed by atoms with Crippen LogP contribution < -0.4 is 5.32 Å². The van der Waals surface area contributed by atoms with Crippen LogP contribution in [0, 0.1) is 5.92 Å². The molecule has 1 aliphatic rings. The highest BCUT2D eigenvalue weighted by molar-refractivity contribution is 6.30. The number of halogens is 1. The van der Waals surface area contributed by atoms with E-state index in [-0.39, 0.29) is 17.4 Å². The van der Waals surface area contributed by atoms with Crippen LogP contribution in [0.2, 0.25) is 0 Å². The number of carbonyl (C=O) groups excluding carboxylic acids is 1. The Morgan fingerprint density at radius 1 is 1.53 bits per heavy atom. The van der Waals surface area contributed by atoms with E-state index in [9.17, 15) is 9.90 Å². The summed E-state index contributed by atoms with van der Waals surface area (Å²) in [4.78, 5) is 12.2. The molecule has 0 aliphatic heterocycles. The number of hydrogen-bond donors (Lipinski definition) is 2. The first kappa shape index (κ1) is 14.4. The van der Waals surface area contributed by atoms with Crippen molar-refractivity contribution in [2.24, 2.45) is 5.92 Å². The Kier molecular flexibility index (Phi) is 4.53. The molecule has 0 amide bonds. The number of nitrogens with one attached hydrogen (secondary N) is 1. The van der Waals surface area contributed by atoms with Crippen molar-refractivity contribution in [1.29, 1.82) is 0 Å². The summed E-state index contributed by atoms with van der Waals surface area (Å²) in [5.74, 6) is -0.604. The number of ketones is 1. The van der Waals surface area contributed by atoms with Gasteiger partial charge in [-0.3, -0.25) is 4.79 Å². The summed E-state index contributed by atoms with van der Waals surface area (Å²) in [6.07, 6.45) is 4.09. The zero-order valence-corrected chi connectivity index (χ0v) is 11.5. The fraction of sp³-hybridized carbons (Fsp3) is 0.615. The molecule has 3 atom stereocenters. The summed E-state index contributed by atoms with van der Waals surface area (Å²) < 4.78 is 0. The van der Waals surface area contributed by atoms with Gasteiger partial charge in [0, 0.05) is 10.6 Å². The van der Waals surface area contributed by atoms with Crippen molar-refractivity contribution in [2.75, 3.05) is 0 Å². The molecule has 2 N–H and O–H groups in total. The highest BCUT2D eigenvalue weighted by atomic mass is 35.5. The monoisotopic (exact) mass is 257 g/mol. The minimum atomic E-state index is -0.918. The van der Waals surface area contributed by atoms with Gasteiger partial charge in [0.15, 0.2) is 5.78 Å². The van der Waals surface area contributed by atoms with Crippen LogP contribution in [0.4, 0.5) is 0 Å². The van der Waals surface area contributed by atoms with Crippen molar-refractivity contribution in [3.05, 3.63) is 23.3 Å². The van der Waals surface area contributed by atoms with Crippen LogP contribution in [-0.4, -0.2) is 28.6 Å². The molecule has 3 nitrogen and oxygen atoms in total. The van der Waals surface area contributed by atoms with E-state index < -0.39 is 12.0 Å². The molecule has 1 rings (SSSR count). The summed E-state index contributed by atoms with van der Waals surface area (Å²) in [5, 5.41) is 13.4. The topological polar surface area (TPSA) is 49.3 Å². The maximum Gasteiger partial charge on any atom is 0.159 e. The van der Waals surface area contributed by atoms with Crippen LogP contribution >= 0.6 is 11.6 Å². The maximum absolute atomic E-state index is 12.2. The van der Waals surface area contributed by atoms with Gasteiger partial charge in [0.2, 0.25) is 0 Å². The van der Waals surface area contributed by atoms with E-state index in [1.807, 2.05) is 20.8 Å². The lowest BCUT2D eigenvalue weighted by Gasteiger charge is -2.29. The van der Waals surface area contributed by atoms with E-state index in [1.54, 1.807) is 25.2 Å². The number of rotatable bonds is 3. The third-order valence-corrected chi connectivity index (χ3v) is 2.95. The van der Waals surface area contributed by atoms with Gasteiger partial charge < -0.3 is 10.4 Å². The molecule has 0 aromatic rings. The minimum Gasteiger partial charge on any atom is -0.386 e. The quantitative estimate of drug-likeness (QED) is 0.813. The SMILES string of the molecule is CC(NC(C)(C)C)C(=O)C1C=CC=C(Cl)C1O. The Morgan fingerprint density at radius 3 is 2.65 bits per heavy atom. The molecule has 0 aromatic carbocycles. The van der Waals surface area contributed by atoms with Crippen LogP contribution in [0.1, 0.15) is 27.7 Å². The zero-order chi connectivity index (χ0) is 13.2. The molecule has 0 aromatic heterocycles. The van der Waals surface area contributed by atoms with Crippen LogP contribution in [0.3, 0.4) is 0 Å². The van der Waals surface area contributed by atoms with Crippen molar-refractivity contribution in [2.45, 2.75) is 45.4 Å². The van der Waals surface area contributed by atoms with E-state index in [0.717, 1.165) is 0 Å². The van der Waals surface area contributed by atoms with Crippen molar-refractivity contribution < 1.29 is 9.90 Å². The summed E-state index contributed by atoms with van der Waals surface area (Å²) in [6, 6.07) is -0.318. The second-order valence-electron chi connectivity index (χ2n) is 5.43. The Labute approximate surface area is 108 Å². The molecule has 96 valence electrons. The molecule has 0 fully saturated rings. The maximum atomic E-state index is 12.2. The molecule has 0 bridgehead atoms. The van der Waals surface area contributed by atoms with Crippen molar-refractivity contribution in [3.8, 4) is 0 Å². The normalized spacial score (nSPS) is 26.6. The molecular weight excluding hydrogens is 238 g/mol. The molecule has 0 spiro atoms. The van der Waals surface area contributed by atoms with E-state index in [1.165, 1.54) is 0 Å². The van der Waals surface area contributed by atoms with Gasteiger partial charge in [0.05, 0.1) is 12.0 Å². The molecule has 3 unspecified atom stereocenters. The van der Waals surface area contributed by atoms with Crippen LogP contribution in [-0.2, 0) is 4.79 Å². The highest BCUT2D eigenvalue weighted by Crippen LogP contribution is 2.24. The minimum absolute atomic E-state index is 0.0464. The Balaban J connectivity index is 2.71. The first-order valence-corrected chi connectivity index (χ1v) is 6.13. The molecule has 0 saturated carbocycles. The molecule has 17 heavy (non-hydrogen) atoms. The van der Waals surface area contributed by atoms with Gasteiger partial charge in [-0.2, -0.15) is 0 Å². The standard InChI is InChI=1S/C13H20ClNO2/c1-8(15-13(2,3)4)11(16)9-6-5-7-10(14)12(9)17/h5-9,12,15,17H,1-4H3. The first-order chi connectivity index (χ1) is 7.72. The number of allylic oxidation sites excluding steroid dienone is 2. The number of aliphatic hydroxyl groups excluding tert-OH is 1. The van der Waals surface area contributed by atoms with Crippen molar-refractivity contribution in [1.82, 2.24) is 5.32 Å². The smallest absolute Gasteiger partial charge is 0.159 e. The van der Waals surface area contributed by atoms with Gasteiger partial charge in [0.1, 0.15) is 6.10 Å². The average Bonchev–Trinajstić information content (AvgIpc) is 2.18. The lowest BCUT2D eigenvalue weighted by atomic mass is 9.89. The van der Waals surface area contributed by atoms with Gasteiger partial charge in [-0.15, -0.1) is 0 Å². The lowest BCUT2D eigenvalue weighted by molar-refractivity contribution is -0.125. The fourth-order valence-electron chi connectivity index (χ4n) is 1.90. The lowest BCUT2D eigenvalue weighted by Crippen LogP contribution is -2.49. The molecule has 0 radical (unpaired) electrons. The second kappa shape index (κ2) is 5.34. The number of hydrogen-bond acceptors (Lipinski definition) is 3. The summed E-state index contributed by atoms with van der Waals surface area (Å²) in [7, 11) is 0. The average molecular weight is 258 g/mol. The Bertz CT molecular complexity index is 355. The van der Waals surface area contributed by atoms with Gasteiger partial charge in [0.25, 0.3) is 0 Å². The molecule has 4 heteroatoms. The summed E-state index contributed by atoms with van der Waals surface area (Å²) in [6.45, 7) is 7.80. The van der Waals surface area contributed by atoms with Crippen molar-refractivity contribution in [3.63, 3.8) is 0 Å². The second-order valence-corrected chi connectivity index (χ2v) is 5.86. The Morgan fingerprint density at radius 2 is 2.12 bits per heavy atom. The fourth-order valence-corrected chi connectivity index (χ4v) is 2.11.